The van der Waals surface area contributed by atoms with Gasteiger partial charge in [-0.1, -0.05) is 25.7 Å². The zero-order valence-electron chi connectivity index (χ0n) is 15.1. The monoisotopic (exact) mass is 320 g/mol. The van der Waals surface area contributed by atoms with Crippen LogP contribution in [0.2, 0.25) is 25.7 Å². The molecule has 4 heteroatoms. The lowest BCUT2D eigenvalue weighted by molar-refractivity contribution is -0.912. The summed E-state index contributed by atoms with van der Waals surface area (Å²) in [6.07, 6.45) is 2.67. The molecule has 0 bridgehead atoms. The van der Waals surface area contributed by atoms with E-state index in [4.69, 9.17) is 5.73 Å². The Labute approximate surface area is 137 Å². The van der Waals surface area contributed by atoms with Crippen molar-refractivity contribution in [3.05, 3.63) is 24.3 Å². The Balaban J connectivity index is 1.89. The van der Waals surface area contributed by atoms with Crippen molar-refractivity contribution in [2.45, 2.75) is 44.6 Å². The number of likely N-dealkylation sites (N-methyl/N-ethyl adjacent to an activating group) is 1. The molecule has 0 radical (unpaired) electrons. The molecule has 0 saturated carbocycles. The Kier molecular flexibility index (Phi) is 5.23. The molecular weight excluding hydrogens is 286 g/mol. The third kappa shape index (κ3) is 4.75. The maximum Gasteiger partial charge on any atom is 0.108 e. The van der Waals surface area contributed by atoms with E-state index in [0.717, 1.165) is 16.2 Å². The first kappa shape index (κ1) is 17.4. The number of nitrogens with zero attached hydrogens (tertiary/aromatic N) is 2. The molecule has 1 aromatic rings. The van der Waals surface area contributed by atoms with Crippen LogP contribution in [0, 0.1) is 0 Å². The second-order valence-corrected chi connectivity index (χ2v) is 14.3. The summed E-state index contributed by atoms with van der Waals surface area (Å²) in [4.78, 5) is 2.52. The lowest BCUT2D eigenvalue weighted by Crippen LogP contribution is -2.51. The number of hydrogen-bond donors (Lipinski definition) is 1. The Morgan fingerprint density at radius 2 is 1.82 bits per heavy atom. The SMILES string of the molecule is C[N+](C)(CCC[Si](C)(C)C)C1CCN(c2ccc(N)cc2)C1. The first-order valence-electron chi connectivity index (χ1n) is 8.61. The smallest absolute Gasteiger partial charge is 0.108 e. The van der Waals surface area contributed by atoms with Crippen molar-refractivity contribution in [1.29, 1.82) is 0 Å². The predicted molar refractivity (Wildman–Crippen MR) is 101 cm³/mol. The fraction of sp³-hybridized carbons (Fsp3) is 0.667. The molecule has 22 heavy (non-hydrogen) atoms. The summed E-state index contributed by atoms with van der Waals surface area (Å²) in [7, 11) is 3.94. The molecule has 0 aliphatic carbocycles. The molecule has 2 N–H and O–H groups in total. The van der Waals surface area contributed by atoms with Gasteiger partial charge in [0.15, 0.2) is 0 Å². The average Bonchev–Trinajstić information content (AvgIpc) is 2.88. The van der Waals surface area contributed by atoms with Gasteiger partial charge in [-0.25, -0.2) is 0 Å². The van der Waals surface area contributed by atoms with E-state index in [-0.39, 0.29) is 0 Å². The Bertz CT molecular complexity index is 476. The topological polar surface area (TPSA) is 29.3 Å². The van der Waals surface area contributed by atoms with Crippen LogP contribution in [0.1, 0.15) is 12.8 Å². The number of rotatable bonds is 6. The first-order chi connectivity index (χ1) is 10.2. The van der Waals surface area contributed by atoms with Gasteiger partial charge in [-0.2, -0.15) is 0 Å². The van der Waals surface area contributed by atoms with Crippen molar-refractivity contribution in [2.24, 2.45) is 0 Å². The molecule has 1 aromatic carbocycles. The maximum atomic E-state index is 5.79. The van der Waals surface area contributed by atoms with Gasteiger partial charge in [-0.05, 0) is 30.7 Å². The van der Waals surface area contributed by atoms with Crippen molar-refractivity contribution < 1.29 is 4.48 Å². The Morgan fingerprint density at radius 3 is 2.41 bits per heavy atom. The van der Waals surface area contributed by atoms with Crippen LogP contribution in [0.15, 0.2) is 24.3 Å². The van der Waals surface area contributed by atoms with E-state index < -0.39 is 8.07 Å². The van der Waals surface area contributed by atoms with E-state index in [2.05, 4.69) is 50.8 Å². The van der Waals surface area contributed by atoms with Gasteiger partial charge in [0.1, 0.15) is 6.04 Å². The maximum absolute atomic E-state index is 5.79. The zero-order valence-corrected chi connectivity index (χ0v) is 16.1. The summed E-state index contributed by atoms with van der Waals surface area (Å²) < 4.78 is 1.16. The minimum absolute atomic E-state index is 0.749. The molecular formula is C18H34N3Si+. The van der Waals surface area contributed by atoms with E-state index in [1.165, 1.54) is 44.2 Å². The zero-order chi connectivity index (χ0) is 16.4. The number of nitrogens with two attached hydrogens (primary N) is 1. The highest BCUT2D eigenvalue weighted by Crippen LogP contribution is 2.26. The minimum atomic E-state index is -0.900. The molecule has 0 amide bonds. The number of benzene rings is 1. The van der Waals surface area contributed by atoms with E-state index in [1.54, 1.807) is 0 Å². The fourth-order valence-corrected chi connectivity index (χ4v) is 4.65. The molecule has 1 fully saturated rings. The lowest BCUT2D eigenvalue weighted by atomic mass is 10.2. The normalized spacial score (nSPS) is 19.7. The number of quaternary nitrogens is 1. The van der Waals surface area contributed by atoms with E-state index in [1.807, 2.05) is 12.1 Å². The van der Waals surface area contributed by atoms with Gasteiger partial charge in [0, 0.05) is 32.4 Å². The molecule has 0 aromatic heterocycles. The highest BCUT2D eigenvalue weighted by atomic mass is 28.3. The van der Waals surface area contributed by atoms with Crippen LogP contribution in [0.4, 0.5) is 11.4 Å². The molecule has 124 valence electrons. The molecule has 1 saturated heterocycles. The molecule has 1 atom stereocenters. The fourth-order valence-electron chi connectivity index (χ4n) is 3.43. The van der Waals surface area contributed by atoms with Crippen LogP contribution in [-0.2, 0) is 0 Å². The van der Waals surface area contributed by atoms with Crippen molar-refractivity contribution in [3.63, 3.8) is 0 Å². The van der Waals surface area contributed by atoms with Gasteiger partial charge >= 0.3 is 0 Å². The second kappa shape index (κ2) is 6.63. The average molecular weight is 321 g/mol. The largest absolute Gasteiger partial charge is 0.399 e. The molecule has 1 aliphatic heterocycles. The second-order valence-electron chi connectivity index (χ2n) is 8.65. The summed E-state index contributed by atoms with van der Waals surface area (Å²) in [5, 5.41) is 0. The summed E-state index contributed by atoms with van der Waals surface area (Å²) in [6.45, 7) is 11.1. The minimum Gasteiger partial charge on any atom is -0.399 e. The molecule has 1 heterocycles. The third-order valence-electron chi connectivity index (χ3n) is 5.07. The summed E-state index contributed by atoms with van der Waals surface area (Å²) in [5.74, 6) is 0. The number of hydrogen-bond acceptors (Lipinski definition) is 2. The van der Waals surface area contributed by atoms with Crippen molar-refractivity contribution in [2.75, 3.05) is 44.4 Å². The summed E-state index contributed by atoms with van der Waals surface area (Å²) in [6, 6.07) is 10.5. The highest BCUT2D eigenvalue weighted by molar-refractivity contribution is 6.76. The van der Waals surface area contributed by atoms with Gasteiger partial charge in [0.25, 0.3) is 0 Å². The van der Waals surface area contributed by atoms with Gasteiger partial charge in [-0.3, -0.25) is 0 Å². The Hall–Kier alpha value is -1.00. The molecule has 0 spiro atoms. The van der Waals surface area contributed by atoms with E-state index >= 15 is 0 Å². The third-order valence-corrected chi connectivity index (χ3v) is 6.92. The summed E-state index contributed by atoms with van der Waals surface area (Å²) in [5.41, 5.74) is 7.96. The standard InChI is InChI=1S/C18H34N3Si/c1-21(2,13-6-14-22(3,4)5)18-11-12-20(15-18)17-9-7-16(19)8-10-17/h7-10,18H,6,11-15,19H2,1-5H3/q+1. The molecule has 2 rings (SSSR count). The van der Waals surface area contributed by atoms with Crippen LogP contribution >= 0.6 is 0 Å². The van der Waals surface area contributed by atoms with E-state index in [0.29, 0.717) is 0 Å². The van der Waals surface area contributed by atoms with Gasteiger partial charge in [0.2, 0.25) is 0 Å². The van der Waals surface area contributed by atoms with Crippen molar-refractivity contribution >= 4 is 19.4 Å². The Morgan fingerprint density at radius 1 is 1.18 bits per heavy atom. The number of anilines is 2. The van der Waals surface area contributed by atoms with Crippen LogP contribution in [-0.4, -0.2) is 52.3 Å². The van der Waals surface area contributed by atoms with Crippen LogP contribution in [0.3, 0.4) is 0 Å². The van der Waals surface area contributed by atoms with Crippen LogP contribution < -0.4 is 10.6 Å². The van der Waals surface area contributed by atoms with Gasteiger partial charge in [0.05, 0.1) is 27.2 Å². The lowest BCUT2D eigenvalue weighted by Gasteiger charge is -2.37. The predicted octanol–water partition coefficient (Wildman–Crippen LogP) is 3.65. The summed E-state index contributed by atoms with van der Waals surface area (Å²) >= 11 is 0. The quantitative estimate of drug-likeness (QED) is 0.492. The molecule has 1 aliphatic rings. The van der Waals surface area contributed by atoms with Gasteiger partial charge < -0.3 is 15.1 Å². The van der Waals surface area contributed by atoms with Crippen LogP contribution in [0.25, 0.3) is 0 Å². The number of nitrogen functional groups attached to an aromatic ring is 1. The highest BCUT2D eigenvalue weighted by Gasteiger charge is 2.35. The first-order valence-corrected chi connectivity index (χ1v) is 12.3. The van der Waals surface area contributed by atoms with Crippen LogP contribution in [0.5, 0.6) is 0 Å². The molecule has 1 unspecified atom stereocenters. The van der Waals surface area contributed by atoms with Crippen molar-refractivity contribution in [3.8, 4) is 0 Å². The van der Waals surface area contributed by atoms with Gasteiger partial charge in [-0.15, -0.1) is 0 Å². The van der Waals surface area contributed by atoms with E-state index in [9.17, 15) is 0 Å². The van der Waals surface area contributed by atoms with Crippen molar-refractivity contribution in [1.82, 2.24) is 0 Å². The molecule has 3 nitrogen and oxygen atoms in total.